The van der Waals surface area contributed by atoms with Crippen molar-refractivity contribution in [2.45, 2.75) is 54.0 Å². The summed E-state index contributed by atoms with van der Waals surface area (Å²) in [4.78, 5) is 4.45. The molecule has 0 saturated heterocycles. The number of halogens is 2. The molecule has 4 heteroatoms. The zero-order chi connectivity index (χ0) is 16.0. The molecule has 0 atom stereocenters. The van der Waals surface area contributed by atoms with Crippen molar-refractivity contribution in [2.75, 3.05) is 0 Å². The molecular formula is C17H24F2N2. The van der Waals surface area contributed by atoms with Crippen molar-refractivity contribution in [1.82, 2.24) is 9.55 Å². The Morgan fingerprint density at radius 1 is 1.10 bits per heavy atom. The Kier molecular flexibility index (Phi) is 6.53. The number of aromatic nitrogens is 2. The Bertz CT molecular complexity index is 589. The van der Waals surface area contributed by atoms with Crippen LogP contribution in [0.4, 0.5) is 8.78 Å². The lowest BCUT2D eigenvalue weighted by Gasteiger charge is -2.03. The quantitative estimate of drug-likeness (QED) is 0.712. The molecule has 1 aromatic heterocycles. The van der Waals surface area contributed by atoms with Gasteiger partial charge >= 0.3 is 0 Å². The molecule has 0 fully saturated rings. The van der Waals surface area contributed by atoms with Crippen molar-refractivity contribution >= 4 is 0 Å². The van der Waals surface area contributed by atoms with E-state index in [1.54, 1.807) is 0 Å². The van der Waals surface area contributed by atoms with Gasteiger partial charge in [-0.2, -0.15) is 0 Å². The Balaban J connectivity index is 0.000000510. The van der Waals surface area contributed by atoms with Gasteiger partial charge in [0.15, 0.2) is 0 Å². The SMILES string of the molecule is CC.CC.Cc1c(-c2ccc(F)cc2F)nc2n1CCC2. The predicted molar refractivity (Wildman–Crippen MR) is 83.3 cm³/mol. The molecule has 0 unspecified atom stereocenters. The lowest BCUT2D eigenvalue weighted by molar-refractivity contribution is 0.585. The van der Waals surface area contributed by atoms with Gasteiger partial charge in [-0.15, -0.1) is 0 Å². The first-order valence-corrected chi connectivity index (χ1v) is 7.68. The fourth-order valence-electron chi connectivity index (χ4n) is 2.41. The van der Waals surface area contributed by atoms with E-state index in [2.05, 4.69) is 9.55 Å². The topological polar surface area (TPSA) is 17.8 Å². The highest BCUT2D eigenvalue weighted by Gasteiger charge is 2.20. The standard InChI is InChI=1S/C13H12F2N2.2C2H6/c1-8-13(16-12-3-2-6-17(8)12)10-5-4-9(14)7-11(10)15;2*1-2/h4-5,7H,2-3,6H2,1H3;2*1-2H3. The second-order valence-corrected chi connectivity index (χ2v) is 4.34. The highest BCUT2D eigenvalue weighted by atomic mass is 19.1. The van der Waals surface area contributed by atoms with Crippen LogP contribution in [0.5, 0.6) is 0 Å². The van der Waals surface area contributed by atoms with E-state index in [1.165, 1.54) is 12.1 Å². The highest BCUT2D eigenvalue weighted by molar-refractivity contribution is 5.63. The minimum atomic E-state index is -0.560. The van der Waals surface area contributed by atoms with Crippen LogP contribution in [0.15, 0.2) is 18.2 Å². The van der Waals surface area contributed by atoms with Gasteiger partial charge in [0, 0.05) is 30.3 Å². The third-order valence-electron chi connectivity index (χ3n) is 3.27. The fraction of sp³-hybridized carbons (Fsp3) is 0.471. The average Bonchev–Trinajstić information content (AvgIpc) is 3.07. The lowest BCUT2D eigenvalue weighted by atomic mass is 10.1. The first-order valence-electron chi connectivity index (χ1n) is 7.68. The van der Waals surface area contributed by atoms with E-state index < -0.39 is 11.6 Å². The molecule has 0 radical (unpaired) electrons. The number of nitrogens with zero attached hydrogens (tertiary/aromatic N) is 2. The molecule has 3 rings (SSSR count). The summed E-state index contributed by atoms with van der Waals surface area (Å²) in [6.45, 7) is 10.9. The van der Waals surface area contributed by atoms with Gasteiger partial charge in [-0.3, -0.25) is 0 Å². The molecule has 0 N–H and O–H groups in total. The Labute approximate surface area is 125 Å². The molecule has 0 amide bonds. The molecule has 1 aromatic carbocycles. The van der Waals surface area contributed by atoms with Crippen LogP contribution in [-0.4, -0.2) is 9.55 Å². The zero-order valence-corrected chi connectivity index (χ0v) is 13.5. The number of hydrogen-bond acceptors (Lipinski definition) is 1. The van der Waals surface area contributed by atoms with Gasteiger partial charge in [-0.1, -0.05) is 27.7 Å². The normalized spacial score (nSPS) is 12.0. The van der Waals surface area contributed by atoms with Gasteiger partial charge in [0.25, 0.3) is 0 Å². The first-order chi connectivity index (χ1) is 10.2. The summed E-state index contributed by atoms with van der Waals surface area (Å²) in [5, 5.41) is 0. The van der Waals surface area contributed by atoms with E-state index in [0.717, 1.165) is 37.0 Å². The van der Waals surface area contributed by atoms with Gasteiger partial charge in [0.1, 0.15) is 17.5 Å². The second kappa shape index (κ2) is 7.91. The molecule has 2 heterocycles. The summed E-state index contributed by atoms with van der Waals surface area (Å²) in [6.07, 6.45) is 2.03. The van der Waals surface area contributed by atoms with E-state index in [9.17, 15) is 8.78 Å². The zero-order valence-electron chi connectivity index (χ0n) is 13.5. The lowest BCUT2D eigenvalue weighted by Crippen LogP contribution is -1.95. The molecule has 1 aliphatic rings. The maximum absolute atomic E-state index is 13.7. The summed E-state index contributed by atoms with van der Waals surface area (Å²) in [5.74, 6) is -0.109. The van der Waals surface area contributed by atoms with Crippen LogP contribution in [0.3, 0.4) is 0 Å². The molecule has 2 aromatic rings. The minimum Gasteiger partial charge on any atom is -0.332 e. The number of aryl methyl sites for hydroxylation is 1. The van der Waals surface area contributed by atoms with Gasteiger partial charge in [-0.25, -0.2) is 13.8 Å². The smallest absolute Gasteiger partial charge is 0.135 e. The van der Waals surface area contributed by atoms with Crippen LogP contribution in [0, 0.1) is 18.6 Å². The van der Waals surface area contributed by atoms with Crippen LogP contribution < -0.4 is 0 Å². The number of fused-ring (bicyclic) bond motifs is 1. The maximum Gasteiger partial charge on any atom is 0.135 e. The van der Waals surface area contributed by atoms with Gasteiger partial charge in [-0.05, 0) is 25.5 Å². The van der Waals surface area contributed by atoms with E-state index in [1.807, 2.05) is 34.6 Å². The molecule has 0 spiro atoms. The Morgan fingerprint density at radius 3 is 2.33 bits per heavy atom. The third kappa shape index (κ3) is 3.49. The molecule has 0 bridgehead atoms. The summed E-state index contributed by atoms with van der Waals surface area (Å²) in [5.41, 5.74) is 1.98. The summed E-state index contributed by atoms with van der Waals surface area (Å²) in [7, 11) is 0. The van der Waals surface area contributed by atoms with Crippen LogP contribution in [0.25, 0.3) is 11.3 Å². The summed E-state index contributed by atoms with van der Waals surface area (Å²) in [6, 6.07) is 3.62. The van der Waals surface area contributed by atoms with Crippen LogP contribution in [0.1, 0.15) is 45.6 Å². The van der Waals surface area contributed by atoms with Gasteiger partial charge < -0.3 is 4.57 Å². The maximum atomic E-state index is 13.7. The molecule has 2 nitrogen and oxygen atoms in total. The van der Waals surface area contributed by atoms with Gasteiger partial charge in [0.2, 0.25) is 0 Å². The molecule has 0 aliphatic carbocycles. The van der Waals surface area contributed by atoms with E-state index in [0.29, 0.717) is 11.3 Å². The highest BCUT2D eigenvalue weighted by Crippen LogP contribution is 2.29. The minimum absolute atomic E-state index is 0.380. The third-order valence-corrected chi connectivity index (χ3v) is 3.27. The largest absolute Gasteiger partial charge is 0.332 e. The average molecular weight is 294 g/mol. The van der Waals surface area contributed by atoms with Crippen molar-refractivity contribution in [1.29, 1.82) is 0 Å². The van der Waals surface area contributed by atoms with Crippen molar-refractivity contribution < 1.29 is 8.78 Å². The van der Waals surface area contributed by atoms with Crippen LogP contribution in [-0.2, 0) is 13.0 Å². The Morgan fingerprint density at radius 2 is 1.76 bits per heavy atom. The van der Waals surface area contributed by atoms with Crippen LogP contribution in [0.2, 0.25) is 0 Å². The molecule has 116 valence electrons. The number of rotatable bonds is 1. The molecular weight excluding hydrogens is 270 g/mol. The molecule has 1 aliphatic heterocycles. The predicted octanol–water partition coefficient (Wildman–Crippen LogP) is 5.14. The second-order valence-electron chi connectivity index (χ2n) is 4.34. The van der Waals surface area contributed by atoms with E-state index in [4.69, 9.17) is 0 Å². The van der Waals surface area contributed by atoms with E-state index >= 15 is 0 Å². The first kappa shape index (κ1) is 17.3. The van der Waals surface area contributed by atoms with E-state index in [-0.39, 0.29) is 0 Å². The fourth-order valence-corrected chi connectivity index (χ4v) is 2.41. The van der Waals surface area contributed by atoms with Crippen molar-refractivity contribution in [2.24, 2.45) is 0 Å². The van der Waals surface area contributed by atoms with Gasteiger partial charge in [0.05, 0.1) is 5.69 Å². The summed E-state index contributed by atoms with van der Waals surface area (Å²) < 4.78 is 28.7. The van der Waals surface area contributed by atoms with Crippen molar-refractivity contribution in [3.63, 3.8) is 0 Å². The molecule has 0 saturated carbocycles. The summed E-state index contributed by atoms with van der Waals surface area (Å²) >= 11 is 0. The van der Waals surface area contributed by atoms with Crippen molar-refractivity contribution in [3.8, 4) is 11.3 Å². The molecule has 21 heavy (non-hydrogen) atoms. The number of benzene rings is 1. The number of imidazole rings is 1. The Hall–Kier alpha value is -1.71. The number of hydrogen-bond donors (Lipinski definition) is 0. The van der Waals surface area contributed by atoms with Crippen LogP contribution >= 0.6 is 0 Å². The monoisotopic (exact) mass is 294 g/mol. The van der Waals surface area contributed by atoms with Crippen molar-refractivity contribution in [3.05, 3.63) is 41.4 Å².